The highest BCUT2D eigenvalue weighted by Gasteiger charge is 2.15. The zero-order chi connectivity index (χ0) is 17.1. The van der Waals surface area contributed by atoms with Crippen LogP contribution in [-0.4, -0.2) is 43.1 Å². The maximum Gasteiger partial charge on any atom is 0.129 e. The zero-order valence-electron chi connectivity index (χ0n) is 14.6. The second kappa shape index (κ2) is 7.11. The van der Waals surface area contributed by atoms with Gasteiger partial charge in [-0.15, -0.1) is 0 Å². The summed E-state index contributed by atoms with van der Waals surface area (Å²) in [5.74, 6) is 0.893. The Balaban J connectivity index is 1.59. The van der Waals surface area contributed by atoms with Crippen molar-refractivity contribution in [3.05, 3.63) is 66.4 Å². The standard InChI is InChI=1S/C21H23N3O/c1-23-10-12-24(13-11-23)18-14-19-20(22-15-18)8-5-9-21(19)25-16-17-6-3-2-4-7-17/h2-9,14-15H,10-13,16H2,1H3. The number of hydrogen-bond acceptors (Lipinski definition) is 4. The largest absolute Gasteiger partial charge is 0.488 e. The van der Waals surface area contributed by atoms with Crippen molar-refractivity contribution in [2.75, 3.05) is 38.1 Å². The van der Waals surface area contributed by atoms with Gasteiger partial charge in [-0.3, -0.25) is 4.98 Å². The monoisotopic (exact) mass is 333 g/mol. The molecule has 0 spiro atoms. The maximum absolute atomic E-state index is 6.10. The van der Waals surface area contributed by atoms with Gasteiger partial charge in [0.15, 0.2) is 0 Å². The number of fused-ring (bicyclic) bond motifs is 1. The summed E-state index contributed by atoms with van der Waals surface area (Å²) in [5.41, 5.74) is 3.32. The van der Waals surface area contributed by atoms with Crippen LogP contribution in [0.4, 0.5) is 5.69 Å². The van der Waals surface area contributed by atoms with Crippen LogP contribution in [0.5, 0.6) is 5.75 Å². The molecule has 1 saturated heterocycles. The van der Waals surface area contributed by atoms with Crippen molar-refractivity contribution >= 4 is 16.6 Å². The van der Waals surface area contributed by atoms with Gasteiger partial charge in [-0.05, 0) is 30.8 Å². The number of rotatable bonds is 4. The summed E-state index contributed by atoms with van der Waals surface area (Å²) < 4.78 is 6.10. The fraction of sp³-hybridized carbons (Fsp3) is 0.286. The van der Waals surface area contributed by atoms with E-state index in [9.17, 15) is 0 Å². The number of hydrogen-bond donors (Lipinski definition) is 0. The first-order valence-electron chi connectivity index (χ1n) is 8.78. The highest BCUT2D eigenvalue weighted by Crippen LogP contribution is 2.29. The van der Waals surface area contributed by atoms with Crippen molar-refractivity contribution in [3.63, 3.8) is 0 Å². The summed E-state index contributed by atoms with van der Waals surface area (Å²) in [7, 11) is 2.17. The molecule has 128 valence electrons. The van der Waals surface area contributed by atoms with Crippen LogP contribution in [0.25, 0.3) is 10.9 Å². The molecule has 2 heterocycles. The zero-order valence-corrected chi connectivity index (χ0v) is 14.6. The predicted octanol–water partition coefficient (Wildman–Crippen LogP) is 3.57. The van der Waals surface area contributed by atoms with Gasteiger partial charge in [0, 0.05) is 31.6 Å². The lowest BCUT2D eigenvalue weighted by atomic mass is 10.1. The van der Waals surface area contributed by atoms with Crippen LogP contribution in [-0.2, 0) is 6.61 Å². The molecule has 3 aromatic rings. The molecule has 4 rings (SSSR count). The van der Waals surface area contributed by atoms with Gasteiger partial charge in [0.2, 0.25) is 0 Å². The summed E-state index contributed by atoms with van der Waals surface area (Å²) in [6.45, 7) is 4.82. The summed E-state index contributed by atoms with van der Waals surface area (Å²) in [4.78, 5) is 9.42. The fourth-order valence-corrected chi connectivity index (χ4v) is 3.21. The molecule has 4 nitrogen and oxygen atoms in total. The van der Waals surface area contributed by atoms with E-state index in [1.807, 2.05) is 42.6 Å². The second-order valence-electron chi connectivity index (χ2n) is 6.58. The Bertz CT molecular complexity index is 842. The van der Waals surface area contributed by atoms with E-state index >= 15 is 0 Å². The smallest absolute Gasteiger partial charge is 0.129 e. The van der Waals surface area contributed by atoms with Crippen LogP contribution in [0, 0.1) is 0 Å². The number of pyridine rings is 1. The van der Waals surface area contributed by atoms with Crippen molar-refractivity contribution in [3.8, 4) is 5.75 Å². The van der Waals surface area contributed by atoms with Gasteiger partial charge < -0.3 is 14.5 Å². The lowest BCUT2D eigenvalue weighted by molar-refractivity contribution is 0.309. The molecule has 0 saturated carbocycles. The van der Waals surface area contributed by atoms with Gasteiger partial charge in [-0.2, -0.15) is 0 Å². The van der Waals surface area contributed by atoms with Crippen molar-refractivity contribution < 1.29 is 4.74 Å². The number of ether oxygens (including phenoxy) is 1. The van der Waals surface area contributed by atoms with Gasteiger partial charge in [0.1, 0.15) is 12.4 Å². The van der Waals surface area contributed by atoms with Gasteiger partial charge in [-0.25, -0.2) is 0 Å². The van der Waals surface area contributed by atoms with Crippen molar-refractivity contribution in [1.82, 2.24) is 9.88 Å². The van der Waals surface area contributed by atoms with E-state index in [-0.39, 0.29) is 0 Å². The van der Waals surface area contributed by atoms with Crippen LogP contribution in [0.15, 0.2) is 60.8 Å². The average Bonchev–Trinajstić information content (AvgIpc) is 2.67. The number of aromatic nitrogens is 1. The Kier molecular flexibility index (Phi) is 4.53. The molecule has 25 heavy (non-hydrogen) atoms. The van der Waals surface area contributed by atoms with E-state index in [2.05, 4.69) is 40.0 Å². The highest BCUT2D eigenvalue weighted by atomic mass is 16.5. The normalized spacial score (nSPS) is 15.5. The third-order valence-corrected chi connectivity index (χ3v) is 4.78. The van der Waals surface area contributed by atoms with Crippen LogP contribution in [0.2, 0.25) is 0 Å². The minimum Gasteiger partial charge on any atom is -0.488 e. The summed E-state index contributed by atoms with van der Waals surface area (Å²) in [6, 6.07) is 18.5. The molecule has 4 heteroatoms. The van der Waals surface area contributed by atoms with Crippen molar-refractivity contribution in [2.45, 2.75) is 6.61 Å². The fourth-order valence-electron chi connectivity index (χ4n) is 3.21. The third-order valence-electron chi connectivity index (χ3n) is 4.78. The molecule has 1 aliphatic heterocycles. The molecule has 0 radical (unpaired) electrons. The Morgan fingerprint density at radius 1 is 0.960 bits per heavy atom. The first-order valence-corrected chi connectivity index (χ1v) is 8.78. The molecule has 0 bridgehead atoms. The van der Waals surface area contributed by atoms with Gasteiger partial charge >= 0.3 is 0 Å². The SMILES string of the molecule is CN1CCN(c2cnc3cccc(OCc4ccccc4)c3c2)CC1. The Labute approximate surface area is 148 Å². The van der Waals surface area contributed by atoms with Crippen molar-refractivity contribution in [2.24, 2.45) is 0 Å². The Morgan fingerprint density at radius 3 is 2.56 bits per heavy atom. The lowest BCUT2D eigenvalue weighted by Crippen LogP contribution is -2.44. The molecule has 2 aromatic carbocycles. The molecule has 0 amide bonds. The number of benzene rings is 2. The van der Waals surface area contributed by atoms with Crippen LogP contribution in [0.1, 0.15) is 5.56 Å². The van der Waals surface area contributed by atoms with Gasteiger partial charge in [0.25, 0.3) is 0 Å². The van der Waals surface area contributed by atoms with E-state index in [0.29, 0.717) is 6.61 Å². The summed E-state index contributed by atoms with van der Waals surface area (Å²) >= 11 is 0. The average molecular weight is 333 g/mol. The molecule has 0 aliphatic carbocycles. The first-order chi connectivity index (χ1) is 12.3. The summed E-state index contributed by atoms with van der Waals surface area (Å²) in [6.07, 6.45) is 1.98. The second-order valence-corrected chi connectivity index (χ2v) is 6.58. The summed E-state index contributed by atoms with van der Waals surface area (Å²) in [5, 5.41) is 1.08. The van der Waals surface area contributed by atoms with Crippen LogP contribution < -0.4 is 9.64 Å². The predicted molar refractivity (Wildman–Crippen MR) is 102 cm³/mol. The minimum absolute atomic E-state index is 0.568. The number of anilines is 1. The van der Waals surface area contributed by atoms with Crippen LogP contribution in [0.3, 0.4) is 0 Å². The topological polar surface area (TPSA) is 28.6 Å². The van der Waals surface area contributed by atoms with Crippen molar-refractivity contribution in [1.29, 1.82) is 0 Å². The number of nitrogens with zero attached hydrogens (tertiary/aromatic N) is 3. The highest BCUT2D eigenvalue weighted by molar-refractivity contribution is 5.87. The van der Waals surface area contributed by atoms with E-state index in [1.165, 1.54) is 11.3 Å². The quantitative estimate of drug-likeness (QED) is 0.730. The molecule has 0 atom stereocenters. The lowest BCUT2D eigenvalue weighted by Gasteiger charge is -2.33. The van der Waals surface area contributed by atoms with E-state index in [4.69, 9.17) is 4.74 Å². The molecular formula is C21H23N3O. The van der Waals surface area contributed by atoms with Crippen LogP contribution >= 0.6 is 0 Å². The van der Waals surface area contributed by atoms with E-state index in [0.717, 1.165) is 42.8 Å². The number of likely N-dealkylation sites (N-methyl/N-ethyl adjacent to an activating group) is 1. The molecule has 1 fully saturated rings. The third kappa shape index (κ3) is 3.59. The Morgan fingerprint density at radius 2 is 1.76 bits per heavy atom. The first kappa shape index (κ1) is 15.9. The molecule has 0 N–H and O–H groups in total. The van der Waals surface area contributed by atoms with Gasteiger partial charge in [0.05, 0.1) is 17.4 Å². The molecular weight excluding hydrogens is 310 g/mol. The van der Waals surface area contributed by atoms with E-state index in [1.54, 1.807) is 0 Å². The minimum atomic E-state index is 0.568. The molecule has 1 aromatic heterocycles. The number of piperazine rings is 1. The molecule has 1 aliphatic rings. The Hall–Kier alpha value is -2.59. The maximum atomic E-state index is 6.10. The van der Waals surface area contributed by atoms with E-state index < -0.39 is 0 Å². The molecule has 0 unspecified atom stereocenters. The van der Waals surface area contributed by atoms with Gasteiger partial charge in [-0.1, -0.05) is 36.4 Å².